The number of nitrogens with two attached hydrogens (primary N) is 1. The van der Waals surface area contributed by atoms with Gasteiger partial charge < -0.3 is 10.3 Å². The van der Waals surface area contributed by atoms with Gasteiger partial charge in [0, 0.05) is 0 Å². The Morgan fingerprint density at radius 1 is 1.16 bits per heavy atom. The van der Waals surface area contributed by atoms with Crippen LogP contribution in [0.2, 0.25) is 0 Å². The maximum Gasteiger partial charge on any atom is 0.230 e. The van der Waals surface area contributed by atoms with Gasteiger partial charge in [0.1, 0.15) is 5.82 Å². The number of carbonyl (C=O) groups excluding carboxylic acids is 1. The molecule has 1 amide bonds. The van der Waals surface area contributed by atoms with Crippen LogP contribution in [-0.2, 0) is 17.9 Å². The Hall–Kier alpha value is -1.86. The van der Waals surface area contributed by atoms with Gasteiger partial charge in [-0.2, -0.15) is 0 Å². The number of amides is 1. The van der Waals surface area contributed by atoms with Crippen LogP contribution in [0.25, 0.3) is 0 Å². The number of rotatable bonds is 7. The monoisotopic (exact) mass is 359 g/mol. The molecule has 3 rings (SSSR count). The van der Waals surface area contributed by atoms with Crippen LogP contribution in [0.4, 0.5) is 0 Å². The molecule has 0 unspecified atom stereocenters. The molecular formula is C18H25N5OS. The van der Waals surface area contributed by atoms with E-state index in [0.29, 0.717) is 6.54 Å². The molecule has 1 fully saturated rings. The van der Waals surface area contributed by atoms with Crippen molar-refractivity contribution in [2.75, 3.05) is 13.1 Å². The molecule has 1 saturated heterocycles. The predicted octanol–water partition coefficient (Wildman–Crippen LogP) is 2.28. The highest BCUT2D eigenvalue weighted by atomic mass is 32.2. The van der Waals surface area contributed by atoms with E-state index in [1.54, 1.807) is 6.92 Å². The number of thioether (sulfide) groups is 1. The van der Waals surface area contributed by atoms with Crippen molar-refractivity contribution in [3.63, 3.8) is 0 Å². The van der Waals surface area contributed by atoms with E-state index in [1.807, 2.05) is 18.2 Å². The molecule has 134 valence electrons. The molecule has 1 aromatic carbocycles. The van der Waals surface area contributed by atoms with Crippen molar-refractivity contribution in [3.05, 3.63) is 41.7 Å². The Labute approximate surface area is 152 Å². The Balaban J connectivity index is 1.83. The molecule has 0 spiro atoms. The molecule has 25 heavy (non-hydrogen) atoms. The summed E-state index contributed by atoms with van der Waals surface area (Å²) in [5.74, 6) is 0.613. The highest BCUT2D eigenvalue weighted by Gasteiger charge is 2.20. The molecule has 0 bridgehead atoms. The summed E-state index contributed by atoms with van der Waals surface area (Å²) >= 11 is 1.38. The Kier molecular flexibility index (Phi) is 6.09. The number of primary amides is 1. The summed E-state index contributed by atoms with van der Waals surface area (Å²) in [6.45, 7) is 5.52. The molecule has 2 heterocycles. The molecule has 0 aliphatic carbocycles. The minimum absolute atomic E-state index is 0.332. The fraction of sp³-hybridized carbons (Fsp3) is 0.500. The zero-order chi connectivity index (χ0) is 17.6. The van der Waals surface area contributed by atoms with Crippen LogP contribution in [0.15, 0.2) is 35.5 Å². The van der Waals surface area contributed by atoms with E-state index >= 15 is 0 Å². The summed E-state index contributed by atoms with van der Waals surface area (Å²) in [5, 5.41) is 9.18. The van der Waals surface area contributed by atoms with Crippen LogP contribution in [0.1, 0.15) is 37.6 Å². The lowest BCUT2D eigenvalue weighted by molar-refractivity contribution is -0.117. The van der Waals surface area contributed by atoms with Gasteiger partial charge in [0.05, 0.1) is 18.3 Å². The van der Waals surface area contributed by atoms with E-state index in [0.717, 1.165) is 30.6 Å². The molecular weight excluding hydrogens is 334 g/mol. The third-order valence-electron chi connectivity index (χ3n) is 4.47. The summed E-state index contributed by atoms with van der Waals surface area (Å²) in [7, 11) is 0. The van der Waals surface area contributed by atoms with Crippen LogP contribution >= 0.6 is 11.8 Å². The fourth-order valence-electron chi connectivity index (χ4n) is 2.98. The van der Waals surface area contributed by atoms with Gasteiger partial charge >= 0.3 is 0 Å². The first kappa shape index (κ1) is 17.9. The highest BCUT2D eigenvalue weighted by molar-refractivity contribution is 8.00. The Morgan fingerprint density at radius 3 is 2.56 bits per heavy atom. The second-order valence-corrected chi connectivity index (χ2v) is 7.78. The van der Waals surface area contributed by atoms with Crippen molar-refractivity contribution in [1.29, 1.82) is 0 Å². The molecule has 1 aliphatic rings. The minimum atomic E-state index is -0.336. The average Bonchev–Trinajstić information content (AvgIpc) is 2.98. The van der Waals surface area contributed by atoms with Crippen molar-refractivity contribution in [2.24, 2.45) is 5.73 Å². The first-order valence-corrected chi connectivity index (χ1v) is 9.66. The first-order valence-electron chi connectivity index (χ1n) is 8.78. The molecule has 2 aromatic rings. The average molecular weight is 359 g/mol. The van der Waals surface area contributed by atoms with Crippen molar-refractivity contribution >= 4 is 17.7 Å². The lowest BCUT2D eigenvalue weighted by atomic mass is 10.1. The SMILES string of the molecule is C[C@@H](Sc1nnc(CN2CCCCC2)n1Cc1ccccc1)C(N)=O. The van der Waals surface area contributed by atoms with E-state index in [4.69, 9.17) is 5.73 Å². The second kappa shape index (κ2) is 8.49. The van der Waals surface area contributed by atoms with Crippen LogP contribution in [-0.4, -0.2) is 43.9 Å². The molecule has 1 aromatic heterocycles. The Morgan fingerprint density at radius 2 is 1.88 bits per heavy atom. The normalized spacial score (nSPS) is 16.7. The van der Waals surface area contributed by atoms with Gasteiger partial charge in [0.2, 0.25) is 5.91 Å². The molecule has 0 saturated carbocycles. The molecule has 6 nitrogen and oxygen atoms in total. The van der Waals surface area contributed by atoms with Gasteiger partial charge in [-0.25, -0.2) is 0 Å². The maximum atomic E-state index is 11.4. The van der Waals surface area contributed by atoms with Gasteiger partial charge in [0.15, 0.2) is 5.16 Å². The van der Waals surface area contributed by atoms with Gasteiger partial charge in [0.25, 0.3) is 0 Å². The van der Waals surface area contributed by atoms with Gasteiger partial charge in [-0.3, -0.25) is 9.69 Å². The zero-order valence-corrected chi connectivity index (χ0v) is 15.4. The lowest BCUT2D eigenvalue weighted by Crippen LogP contribution is -2.30. The van der Waals surface area contributed by atoms with Crippen LogP contribution in [0, 0.1) is 0 Å². The zero-order valence-electron chi connectivity index (χ0n) is 14.6. The van der Waals surface area contributed by atoms with Crippen molar-refractivity contribution in [2.45, 2.75) is 49.7 Å². The fourth-order valence-corrected chi connectivity index (χ4v) is 3.80. The summed E-state index contributed by atoms with van der Waals surface area (Å²) in [4.78, 5) is 13.9. The van der Waals surface area contributed by atoms with Crippen molar-refractivity contribution in [3.8, 4) is 0 Å². The van der Waals surface area contributed by atoms with Crippen molar-refractivity contribution in [1.82, 2.24) is 19.7 Å². The van der Waals surface area contributed by atoms with E-state index in [-0.39, 0.29) is 11.2 Å². The summed E-state index contributed by atoms with van der Waals surface area (Å²) in [5.41, 5.74) is 6.61. The molecule has 2 N–H and O–H groups in total. The molecule has 1 atom stereocenters. The van der Waals surface area contributed by atoms with E-state index in [1.165, 1.54) is 36.6 Å². The lowest BCUT2D eigenvalue weighted by Gasteiger charge is -2.26. The smallest absolute Gasteiger partial charge is 0.230 e. The van der Waals surface area contributed by atoms with E-state index in [2.05, 4.69) is 31.8 Å². The third-order valence-corrected chi connectivity index (χ3v) is 5.57. The topological polar surface area (TPSA) is 77.0 Å². The largest absolute Gasteiger partial charge is 0.369 e. The van der Waals surface area contributed by atoms with E-state index in [9.17, 15) is 4.79 Å². The number of nitrogens with zero attached hydrogens (tertiary/aromatic N) is 4. The van der Waals surface area contributed by atoms with Crippen LogP contribution < -0.4 is 5.73 Å². The van der Waals surface area contributed by atoms with Gasteiger partial charge in [-0.15, -0.1) is 10.2 Å². The number of aromatic nitrogens is 3. The maximum absolute atomic E-state index is 11.4. The number of likely N-dealkylation sites (tertiary alicyclic amines) is 1. The summed E-state index contributed by atoms with van der Waals surface area (Å²) in [6, 6.07) is 10.3. The number of hydrogen-bond acceptors (Lipinski definition) is 5. The number of benzene rings is 1. The number of piperidine rings is 1. The molecule has 0 radical (unpaired) electrons. The Bertz CT molecular complexity index is 697. The van der Waals surface area contributed by atoms with Gasteiger partial charge in [-0.05, 0) is 38.4 Å². The highest BCUT2D eigenvalue weighted by Crippen LogP contribution is 2.24. The number of hydrogen-bond donors (Lipinski definition) is 1. The standard InChI is InChI=1S/C18H25N5OS/c1-14(17(19)24)25-18-21-20-16(13-22-10-6-3-7-11-22)23(18)12-15-8-4-2-5-9-15/h2,4-5,8-9,14H,3,6-7,10-13H2,1H3,(H2,19,24)/t14-/m1/s1. The van der Waals surface area contributed by atoms with Crippen LogP contribution in [0.5, 0.6) is 0 Å². The molecule has 7 heteroatoms. The second-order valence-electron chi connectivity index (χ2n) is 6.47. The minimum Gasteiger partial charge on any atom is -0.369 e. The van der Waals surface area contributed by atoms with Gasteiger partial charge in [-0.1, -0.05) is 48.5 Å². The molecule has 1 aliphatic heterocycles. The number of carbonyl (C=O) groups is 1. The van der Waals surface area contributed by atoms with E-state index < -0.39 is 0 Å². The first-order chi connectivity index (χ1) is 12.1. The summed E-state index contributed by atoms with van der Waals surface area (Å²) < 4.78 is 2.12. The van der Waals surface area contributed by atoms with Crippen molar-refractivity contribution < 1.29 is 4.79 Å². The quantitative estimate of drug-likeness (QED) is 0.768. The predicted molar refractivity (Wildman–Crippen MR) is 99.2 cm³/mol. The summed E-state index contributed by atoms with van der Waals surface area (Å²) in [6.07, 6.45) is 3.80. The third kappa shape index (κ3) is 4.83. The van der Waals surface area contributed by atoms with Crippen LogP contribution in [0.3, 0.4) is 0 Å².